The van der Waals surface area contributed by atoms with E-state index >= 15 is 0 Å². The number of aromatic nitrogens is 2. The van der Waals surface area contributed by atoms with Gasteiger partial charge in [-0.3, -0.25) is 0 Å². The first-order valence-electron chi connectivity index (χ1n) is 6.66. The molecule has 5 nitrogen and oxygen atoms in total. The largest absolute Gasteiger partial charge is 0.439 e. The maximum absolute atomic E-state index is 5.89. The molecule has 0 amide bonds. The Balaban J connectivity index is 2.00. The van der Waals surface area contributed by atoms with Crippen LogP contribution in [0.15, 0.2) is 42.5 Å². The van der Waals surface area contributed by atoms with E-state index < -0.39 is 0 Å². The van der Waals surface area contributed by atoms with E-state index in [2.05, 4.69) is 21.5 Å². The molecule has 0 aliphatic heterocycles. The molecule has 0 aliphatic rings. The molecule has 2 aromatic carbocycles. The minimum atomic E-state index is 0.505. The van der Waals surface area contributed by atoms with E-state index in [1.54, 1.807) is 6.92 Å². The van der Waals surface area contributed by atoms with E-state index in [1.807, 2.05) is 43.3 Å². The maximum atomic E-state index is 5.89. The van der Waals surface area contributed by atoms with E-state index in [4.69, 9.17) is 10.6 Å². The monoisotopic (exact) mass is 280 g/mol. The Morgan fingerprint density at radius 2 is 1.76 bits per heavy atom. The van der Waals surface area contributed by atoms with Crippen molar-refractivity contribution >= 4 is 16.6 Å². The summed E-state index contributed by atoms with van der Waals surface area (Å²) in [4.78, 5) is 8.54. The summed E-state index contributed by atoms with van der Waals surface area (Å²) in [6.45, 7) is 3.67. The van der Waals surface area contributed by atoms with Crippen LogP contribution < -0.4 is 16.0 Å². The molecule has 3 rings (SSSR count). The minimum absolute atomic E-state index is 0.505. The summed E-state index contributed by atoms with van der Waals surface area (Å²) in [5.41, 5.74) is 3.34. The van der Waals surface area contributed by atoms with Crippen LogP contribution in [-0.2, 0) is 0 Å². The van der Waals surface area contributed by atoms with E-state index in [0.29, 0.717) is 17.5 Å². The number of nitrogens with zero attached hydrogens (tertiary/aromatic N) is 2. The number of benzene rings is 2. The minimum Gasteiger partial charge on any atom is -0.439 e. The van der Waals surface area contributed by atoms with Crippen molar-refractivity contribution in [3.05, 3.63) is 53.9 Å². The summed E-state index contributed by atoms with van der Waals surface area (Å²) in [5, 5.41) is 2.29. The van der Waals surface area contributed by atoms with Gasteiger partial charge in [-0.05, 0) is 36.8 Å². The number of nitrogen functional groups attached to an aromatic ring is 1. The van der Waals surface area contributed by atoms with Crippen LogP contribution in [-0.4, -0.2) is 9.97 Å². The number of hydrogen-bond donors (Lipinski definition) is 2. The van der Waals surface area contributed by atoms with Gasteiger partial charge in [-0.15, -0.1) is 0 Å². The van der Waals surface area contributed by atoms with Crippen molar-refractivity contribution in [2.24, 2.45) is 5.84 Å². The molecule has 0 aliphatic carbocycles. The zero-order valence-corrected chi connectivity index (χ0v) is 11.9. The number of hydrazine groups is 1. The normalized spacial score (nSPS) is 10.6. The van der Waals surface area contributed by atoms with Crippen molar-refractivity contribution < 1.29 is 4.74 Å². The Labute approximate surface area is 122 Å². The number of fused-ring (bicyclic) bond motifs is 1. The summed E-state index contributed by atoms with van der Waals surface area (Å²) in [5.74, 6) is 7.87. The summed E-state index contributed by atoms with van der Waals surface area (Å²) in [6, 6.07) is 14.1. The van der Waals surface area contributed by atoms with Crippen molar-refractivity contribution in [1.29, 1.82) is 0 Å². The van der Waals surface area contributed by atoms with Gasteiger partial charge in [0.05, 0.1) is 5.56 Å². The Morgan fingerprint density at radius 3 is 2.52 bits per heavy atom. The first-order chi connectivity index (χ1) is 10.2. The van der Waals surface area contributed by atoms with Crippen LogP contribution in [0.1, 0.15) is 11.4 Å². The molecule has 21 heavy (non-hydrogen) atoms. The lowest BCUT2D eigenvalue weighted by atomic mass is 10.1. The zero-order valence-electron chi connectivity index (χ0n) is 11.9. The zero-order chi connectivity index (χ0) is 14.8. The molecule has 0 spiro atoms. The molecule has 1 aromatic heterocycles. The Bertz CT molecular complexity index is 801. The van der Waals surface area contributed by atoms with Crippen molar-refractivity contribution in [2.45, 2.75) is 13.8 Å². The third-order valence-corrected chi connectivity index (χ3v) is 3.29. The maximum Gasteiger partial charge on any atom is 0.227 e. The summed E-state index contributed by atoms with van der Waals surface area (Å²) >= 11 is 0. The van der Waals surface area contributed by atoms with Crippen molar-refractivity contribution in [3.63, 3.8) is 0 Å². The molecule has 0 radical (unpaired) electrons. The molecule has 0 atom stereocenters. The lowest BCUT2D eigenvalue weighted by Gasteiger charge is -2.12. The highest BCUT2D eigenvalue weighted by Gasteiger charge is 2.10. The Kier molecular flexibility index (Phi) is 3.41. The van der Waals surface area contributed by atoms with Gasteiger partial charge in [0.15, 0.2) is 0 Å². The third-order valence-electron chi connectivity index (χ3n) is 3.29. The van der Waals surface area contributed by atoms with Crippen LogP contribution in [0, 0.1) is 13.8 Å². The molecular formula is C16H16N4O. The van der Waals surface area contributed by atoms with Crippen LogP contribution in [0.4, 0.5) is 5.82 Å². The molecule has 0 unspecified atom stereocenters. The van der Waals surface area contributed by atoms with Gasteiger partial charge in [-0.25, -0.2) is 10.8 Å². The van der Waals surface area contributed by atoms with E-state index in [1.165, 1.54) is 5.39 Å². The fourth-order valence-electron chi connectivity index (χ4n) is 2.19. The van der Waals surface area contributed by atoms with Crippen molar-refractivity contribution in [2.75, 3.05) is 5.43 Å². The van der Waals surface area contributed by atoms with Gasteiger partial charge < -0.3 is 10.2 Å². The van der Waals surface area contributed by atoms with Crippen LogP contribution in [0.2, 0.25) is 0 Å². The third kappa shape index (κ3) is 2.64. The highest BCUT2D eigenvalue weighted by atomic mass is 16.5. The van der Waals surface area contributed by atoms with E-state index in [0.717, 1.165) is 16.7 Å². The number of anilines is 1. The highest BCUT2D eigenvalue weighted by molar-refractivity contribution is 5.83. The predicted molar refractivity (Wildman–Crippen MR) is 83.3 cm³/mol. The number of ether oxygens (including phenoxy) is 1. The summed E-state index contributed by atoms with van der Waals surface area (Å²) in [7, 11) is 0. The smallest absolute Gasteiger partial charge is 0.227 e. The molecule has 5 heteroatoms. The Morgan fingerprint density at radius 1 is 1.00 bits per heavy atom. The molecule has 3 N–H and O–H groups in total. The topological polar surface area (TPSA) is 73.1 Å². The average molecular weight is 280 g/mol. The average Bonchev–Trinajstić information content (AvgIpc) is 2.50. The number of nitrogens with one attached hydrogen (secondary N) is 1. The second-order valence-corrected chi connectivity index (χ2v) is 4.80. The van der Waals surface area contributed by atoms with Gasteiger partial charge in [-0.2, -0.15) is 4.98 Å². The summed E-state index contributed by atoms with van der Waals surface area (Å²) in [6.07, 6.45) is 0. The Hall–Kier alpha value is -2.66. The summed E-state index contributed by atoms with van der Waals surface area (Å²) < 4.78 is 5.89. The number of aryl methyl sites for hydroxylation is 1. The molecule has 3 aromatic rings. The van der Waals surface area contributed by atoms with Crippen LogP contribution >= 0.6 is 0 Å². The van der Waals surface area contributed by atoms with Gasteiger partial charge in [0.1, 0.15) is 17.4 Å². The van der Waals surface area contributed by atoms with Crippen LogP contribution in [0.3, 0.4) is 0 Å². The fraction of sp³-hybridized carbons (Fsp3) is 0.125. The first kappa shape index (κ1) is 13.3. The standard InChI is InChI=1S/C16H16N4O/c1-10-15(20-17)18-11(2)19-16(10)21-14-8-7-12-5-3-4-6-13(12)9-14/h3-9H,17H2,1-2H3,(H,18,19,20). The number of rotatable bonds is 3. The van der Waals surface area contributed by atoms with Gasteiger partial charge in [0.2, 0.25) is 5.88 Å². The van der Waals surface area contributed by atoms with Crippen molar-refractivity contribution in [1.82, 2.24) is 9.97 Å². The molecule has 1 heterocycles. The van der Waals surface area contributed by atoms with E-state index in [9.17, 15) is 0 Å². The predicted octanol–water partition coefficient (Wildman–Crippen LogP) is 3.32. The molecule has 106 valence electrons. The molecular weight excluding hydrogens is 264 g/mol. The lowest BCUT2D eigenvalue weighted by Crippen LogP contribution is -2.12. The number of nitrogens with two attached hydrogens (primary N) is 1. The van der Waals surface area contributed by atoms with E-state index in [-0.39, 0.29) is 0 Å². The fourth-order valence-corrected chi connectivity index (χ4v) is 2.19. The van der Waals surface area contributed by atoms with Gasteiger partial charge in [0, 0.05) is 0 Å². The molecule has 0 saturated carbocycles. The second-order valence-electron chi connectivity index (χ2n) is 4.80. The van der Waals surface area contributed by atoms with Gasteiger partial charge >= 0.3 is 0 Å². The van der Waals surface area contributed by atoms with Crippen molar-refractivity contribution in [3.8, 4) is 11.6 Å². The lowest BCUT2D eigenvalue weighted by molar-refractivity contribution is 0.456. The van der Waals surface area contributed by atoms with Crippen LogP contribution in [0.25, 0.3) is 10.8 Å². The second kappa shape index (κ2) is 5.38. The SMILES string of the molecule is Cc1nc(NN)c(C)c(Oc2ccc3ccccc3c2)n1. The molecule has 0 bridgehead atoms. The highest BCUT2D eigenvalue weighted by Crippen LogP contribution is 2.28. The molecule has 0 fully saturated rings. The van der Waals surface area contributed by atoms with Gasteiger partial charge in [0.25, 0.3) is 0 Å². The molecule has 0 saturated heterocycles. The number of hydrogen-bond acceptors (Lipinski definition) is 5. The first-order valence-corrected chi connectivity index (χ1v) is 6.66. The van der Waals surface area contributed by atoms with Crippen LogP contribution in [0.5, 0.6) is 11.6 Å². The van der Waals surface area contributed by atoms with Gasteiger partial charge in [-0.1, -0.05) is 30.3 Å². The quantitative estimate of drug-likeness (QED) is 0.568.